The first-order valence-electron chi connectivity index (χ1n) is 6.29. The van der Waals surface area contributed by atoms with Crippen molar-refractivity contribution in [1.82, 2.24) is 5.32 Å². The molecule has 1 rings (SSSR count). The molecule has 8 heteroatoms. The van der Waals surface area contributed by atoms with Gasteiger partial charge in [-0.15, -0.1) is 0 Å². The molecule has 0 saturated carbocycles. The average Bonchev–Trinajstić information content (AvgIpc) is 2.41. The zero-order valence-corrected chi connectivity index (χ0v) is 12.1. The van der Waals surface area contributed by atoms with E-state index in [1.807, 2.05) is 6.92 Å². The van der Waals surface area contributed by atoms with Crippen LogP contribution in [-0.4, -0.2) is 28.5 Å². The first-order chi connectivity index (χ1) is 9.86. The van der Waals surface area contributed by atoms with E-state index in [1.54, 1.807) is 0 Å². The third-order valence-corrected chi connectivity index (χ3v) is 3.31. The summed E-state index contributed by atoms with van der Waals surface area (Å²) in [5, 5.41) is 22.1. The topological polar surface area (TPSA) is 110 Å². The Kier molecular flexibility index (Phi) is 6.10. The summed E-state index contributed by atoms with van der Waals surface area (Å²) in [6, 6.07) is 4.08. The first-order valence-corrected chi connectivity index (χ1v) is 6.67. The summed E-state index contributed by atoms with van der Waals surface area (Å²) >= 11 is 5.73. The number of benzene rings is 1. The number of hydrogen-bond donors (Lipinski definition) is 2. The number of nitrogens with zero attached hydrogens (tertiary/aromatic N) is 1. The lowest BCUT2D eigenvalue weighted by atomic mass is 10.0. The highest BCUT2D eigenvalue weighted by Crippen LogP contribution is 2.28. The molecular weight excluding hydrogens is 300 g/mol. The molecule has 2 N–H and O–H groups in total. The Morgan fingerprint density at radius 3 is 2.67 bits per heavy atom. The van der Waals surface area contributed by atoms with Crippen molar-refractivity contribution in [3.63, 3.8) is 0 Å². The minimum absolute atomic E-state index is 0.0750. The Morgan fingerprint density at radius 2 is 2.14 bits per heavy atom. The zero-order valence-electron chi connectivity index (χ0n) is 11.3. The van der Waals surface area contributed by atoms with E-state index < -0.39 is 22.5 Å². The van der Waals surface area contributed by atoms with Crippen molar-refractivity contribution in [3.05, 3.63) is 38.9 Å². The van der Waals surface area contributed by atoms with Crippen molar-refractivity contribution in [3.8, 4) is 0 Å². The summed E-state index contributed by atoms with van der Waals surface area (Å²) in [5.41, 5.74) is -0.597. The molecule has 0 fully saturated rings. The van der Waals surface area contributed by atoms with Gasteiger partial charge in [-0.1, -0.05) is 31.0 Å². The summed E-state index contributed by atoms with van der Waals surface area (Å²) < 4.78 is 0. The Labute approximate surface area is 126 Å². The lowest BCUT2D eigenvalue weighted by molar-refractivity contribution is -0.385. The van der Waals surface area contributed by atoms with E-state index in [-0.39, 0.29) is 29.5 Å². The van der Waals surface area contributed by atoms with E-state index in [9.17, 15) is 19.7 Å². The maximum absolute atomic E-state index is 12.0. The second kappa shape index (κ2) is 7.58. The number of hydrogen-bond acceptors (Lipinski definition) is 4. The van der Waals surface area contributed by atoms with Gasteiger partial charge in [0, 0.05) is 13.0 Å². The highest BCUT2D eigenvalue weighted by molar-refractivity contribution is 6.33. The molecule has 0 aromatic heterocycles. The molecule has 0 bridgehead atoms. The number of carbonyl (C=O) groups is 2. The molecule has 1 aromatic carbocycles. The van der Waals surface area contributed by atoms with Crippen LogP contribution in [0.15, 0.2) is 18.2 Å². The number of nitro groups is 1. The summed E-state index contributed by atoms with van der Waals surface area (Å²) in [7, 11) is 0. The monoisotopic (exact) mass is 314 g/mol. The van der Waals surface area contributed by atoms with Crippen LogP contribution in [0.3, 0.4) is 0 Å². The van der Waals surface area contributed by atoms with Gasteiger partial charge in [0.25, 0.3) is 5.91 Å². The zero-order chi connectivity index (χ0) is 16.0. The number of amides is 1. The van der Waals surface area contributed by atoms with Gasteiger partial charge >= 0.3 is 11.7 Å². The smallest absolute Gasteiger partial charge is 0.303 e. The van der Waals surface area contributed by atoms with Crippen LogP contribution < -0.4 is 5.32 Å². The molecule has 114 valence electrons. The van der Waals surface area contributed by atoms with E-state index in [2.05, 4.69) is 5.32 Å². The van der Waals surface area contributed by atoms with Crippen LogP contribution in [0.4, 0.5) is 5.69 Å². The van der Waals surface area contributed by atoms with Gasteiger partial charge in [-0.05, 0) is 18.1 Å². The van der Waals surface area contributed by atoms with Crippen LogP contribution in [-0.2, 0) is 4.79 Å². The number of rotatable bonds is 7. The van der Waals surface area contributed by atoms with E-state index in [1.165, 1.54) is 18.2 Å². The van der Waals surface area contributed by atoms with Crippen molar-refractivity contribution >= 4 is 29.2 Å². The first kappa shape index (κ1) is 16.9. The summed E-state index contributed by atoms with van der Waals surface area (Å²) in [4.78, 5) is 32.9. The SMILES string of the molecule is CCC(CNC(=O)c1cccc(Cl)c1[N+](=O)[O-])CC(=O)O. The molecule has 21 heavy (non-hydrogen) atoms. The largest absolute Gasteiger partial charge is 0.481 e. The number of carboxylic acid groups (broad SMARTS) is 1. The van der Waals surface area contributed by atoms with E-state index in [0.717, 1.165) is 0 Å². The molecule has 0 aliphatic heterocycles. The van der Waals surface area contributed by atoms with Crippen molar-refractivity contribution in [2.24, 2.45) is 5.92 Å². The molecular formula is C13H15ClN2O5. The summed E-state index contributed by atoms with van der Waals surface area (Å²) in [6.07, 6.45) is 0.499. The summed E-state index contributed by atoms with van der Waals surface area (Å²) in [5.74, 6) is -1.83. The Balaban J connectivity index is 2.83. The number of nitro benzene ring substituents is 1. The van der Waals surface area contributed by atoms with Gasteiger partial charge in [0.05, 0.1) is 4.92 Å². The predicted octanol–water partition coefficient (Wildman–Crippen LogP) is 2.48. The molecule has 1 atom stereocenters. The van der Waals surface area contributed by atoms with Crippen molar-refractivity contribution in [2.45, 2.75) is 19.8 Å². The number of carboxylic acids is 1. The molecule has 0 spiro atoms. The minimum atomic E-state index is -0.954. The van der Waals surface area contributed by atoms with Crippen LogP contribution in [0.5, 0.6) is 0 Å². The maximum atomic E-state index is 12.0. The van der Waals surface area contributed by atoms with Gasteiger partial charge in [0.1, 0.15) is 10.6 Å². The standard InChI is InChI=1S/C13H15ClN2O5/c1-2-8(6-11(17)18)7-15-13(19)9-4-3-5-10(14)12(9)16(20)21/h3-5,8H,2,6-7H2,1H3,(H,15,19)(H,17,18). The molecule has 0 saturated heterocycles. The van der Waals surface area contributed by atoms with Gasteiger partial charge in [-0.3, -0.25) is 19.7 Å². The fraction of sp³-hybridized carbons (Fsp3) is 0.385. The second-order valence-corrected chi connectivity index (χ2v) is 4.88. The maximum Gasteiger partial charge on any atom is 0.303 e. The van der Waals surface area contributed by atoms with Gasteiger partial charge < -0.3 is 10.4 Å². The average molecular weight is 315 g/mol. The normalized spacial score (nSPS) is 11.7. The lowest BCUT2D eigenvalue weighted by Gasteiger charge is -2.13. The van der Waals surface area contributed by atoms with Gasteiger partial charge in [0.2, 0.25) is 0 Å². The van der Waals surface area contributed by atoms with Gasteiger partial charge in [0.15, 0.2) is 0 Å². The van der Waals surface area contributed by atoms with Gasteiger partial charge in [-0.25, -0.2) is 0 Å². The molecule has 0 aliphatic rings. The third kappa shape index (κ3) is 4.71. The van der Waals surface area contributed by atoms with Crippen LogP contribution in [0, 0.1) is 16.0 Å². The molecule has 1 unspecified atom stereocenters. The molecule has 0 heterocycles. The fourth-order valence-electron chi connectivity index (χ4n) is 1.82. The minimum Gasteiger partial charge on any atom is -0.481 e. The second-order valence-electron chi connectivity index (χ2n) is 4.48. The Hall–Kier alpha value is -2.15. The van der Waals surface area contributed by atoms with Crippen molar-refractivity contribution < 1.29 is 19.6 Å². The van der Waals surface area contributed by atoms with Crippen LogP contribution in [0.1, 0.15) is 30.1 Å². The molecule has 0 aliphatic carbocycles. The molecule has 0 radical (unpaired) electrons. The van der Waals surface area contributed by atoms with Gasteiger partial charge in [-0.2, -0.15) is 0 Å². The van der Waals surface area contributed by atoms with Crippen LogP contribution >= 0.6 is 11.6 Å². The number of aliphatic carboxylic acids is 1. The Bertz CT molecular complexity index is 561. The van der Waals surface area contributed by atoms with E-state index >= 15 is 0 Å². The number of nitrogens with one attached hydrogen (secondary N) is 1. The predicted molar refractivity (Wildman–Crippen MR) is 76.5 cm³/mol. The number of para-hydroxylation sites is 1. The third-order valence-electron chi connectivity index (χ3n) is 3.01. The van der Waals surface area contributed by atoms with Crippen molar-refractivity contribution in [2.75, 3.05) is 6.54 Å². The van der Waals surface area contributed by atoms with E-state index in [4.69, 9.17) is 16.7 Å². The highest BCUT2D eigenvalue weighted by atomic mass is 35.5. The number of carbonyl (C=O) groups excluding carboxylic acids is 1. The Morgan fingerprint density at radius 1 is 1.48 bits per heavy atom. The van der Waals surface area contributed by atoms with Crippen LogP contribution in [0.25, 0.3) is 0 Å². The molecule has 7 nitrogen and oxygen atoms in total. The van der Waals surface area contributed by atoms with E-state index in [0.29, 0.717) is 6.42 Å². The molecule has 1 aromatic rings. The molecule has 1 amide bonds. The highest BCUT2D eigenvalue weighted by Gasteiger charge is 2.24. The van der Waals surface area contributed by atoms with Crippen LogP contribution in [0.2, 0.25) is 5.02 Å². The van der Waals surface area contributed by atoms with Crippen molar-refractivity contribution in [1.29, 1.82) is 0 Å². The summed E-state index contributed by atoms with van der Waals surface area (Å²) in [6.45, 7) is 1.94. The fourth-order valence-corrected chi connectivity index (χ4v) is 2.07. The quantitative estimate of drug-likeness (QED) is 0.593. The lowest BCUT2D eigenvalue weighted by Crippen LogP contribution is -2.30. The number of halogens is 1.